The fourth-order valence-corrected chi connectivity index (χ4v) is 6.09. The first-order valence-electron chi connectivity index (χ1n) is 14.0. The van der Waals surface area contributed by atoms with Gasteiger partial charge in [0.1, 0.15) is 5.75 Å². The highest BCUT2D eigenvalue weighted by Gasteiger charge is 2.24. The maximum absolute atomic E-state index is 11.8. The van der Waals surface area contributed by atoms with Crippen molar-refractivity contribution < 1.29 is 15.0 Å². The van der Waals surface area contributed by atoms with Gasteiger partial charge in [-0.2, -0.15) is 0 Å². The van der Waals surface area contributed by atoms with Crippen molar-refractivity contribution in [1.82, 2.24) is 0 Å². The maximum atomic E-state index is 11.8. The molecule has 0 aromatic heterocycles. The van der Waals surface area contributed by atoms with Crippen LogP contribution in [0.15, 0.2) is 72.8 Å². The Kier molecular flexibility index (Phi) is 9.84. The molecule has 0 aliphatic heterocycles. The molecule has 0 radical (unpaired) electrons. The Morgan fingerprint density at radius 1 is 0.833 bits per heavy atom. The molecule has 2 aromatic rings. The minimum atomic E-state index is -0.714. The highest BCUT2D eigenvalue weighted by atomic mass is 16.4. The monoisotopic (exact) mass is 486 g/mol. The second-order valence-electron chi connectivity index (χ2n) is 10.9. The van der Waals surface area contributed by atoms with Crippen LogP contribution in [0, 0.1) is 17.8 Å². The van der Waals surface area contributed by atoms with Crippen molar-refractivity contribution in [2.45, 2.75) is 83.0 Å². The van der Waals surface area contributed by atoms with Gasteiger partial charge in [-0.1, -0.05) is 86.4 Å². The van der Waals surface area contributed by atoms with Crippen molar-refractivity contribution in [3.05, 3.63) is 89.5 Å². The van der Waals surface area contributed by atoms with E-state index in [1.54, 1.807) is 0 Å². The fourth-order valence-electron chi connectivity index (χ4n) is 6.09. The standard InChI is InChI=1S/C33H42O3/c34-31-20-18-29(19-21-31)32-24-27-14-9-13-26(22-27)23-30(33(35)36)17-8-7-16-28(32)15-4-2-1-3-10-25-11-5-6-12-25/h5,7-9,11,13-14,18-22,25,28,30,32,34H,1-4,6,10,12,15-17,23-24H2,(H,35,36)/b8-7+/t25-,28+,30+,32-/m1/s1. The number of phenolic OH excluding ortho intramolecular Hbond substituents is 1. The van der Waals surface area contributed by atoms with Crippen molar-refractivity contribution in [2.24, 2.45) is 17.8 Å². The second-order valence-corrected chi connectivity index (χ2v) is 10.9. The average Bonchev–Trinajstić information content (AvgIpc) is 3.39. The molecule has 0 fully saturated rings. The van der Waals surface area contributed by atoms with Crippen LogP contribution in [0.4, 0.5) is 0 Å². The zero-order chi connectivity index (χ0) is 25.2. The highest BCUT2D eigenvalue weighted by molar-refractivity contribution is 5.70. The van der Waals surface area contributed by atoms with Crippen LogP contribution in [0.25, 0.3) is 0 Å². The number of carboxylic acids is 1. The van der Waals surface area contributed by atoms with E-state index in [0.29, 0.717) is 30.4 Å². The van der Waals surface area contributed by atoms with Crippen LogP contribution in [0.5, 0.6) is 5.75 Å². The summed E-state index contributed by atoms with van der Waals surface area (Å²) >= 11 is 0. The third-order valence-corrected chi connectivity index (χ3v) is 8.21. The summed E-state index contributed by atoms with van der Waals surface area (Å²) in [6, 6.07) is 16.3. The van der Waals surface area contributed by atoms with Gasteiger partial charge >= 0.3 is 5.97 Å². The van der Waals surface area contributed by atoms with Crippen LogP contribution < -0.4 is 0 Å². The van der Waals surface area contributed by atoms with Gasteiger partial charge in [-0.25, -0.2) is 0 Å². The van der Waals surface area contributed by atoms with Gasteiger partial charge in [0, 0.05) is 0 Å². The normalized spacial score (nSPS) is 25.1. The quantitative estimate of drug-likeness (QED) is 0.277. The van der Waals surface area contributed by atoms with Crippen LogP contribution in [-0.4, -0.2) is 16.2 Å². The lowest BCUT2D eigenvalue weighted by Crippen LogP contribution is -2.18. The van der Waals surface area contributed by atoms with Crippen LogP contribution in [0.1, 0.15) is 86.8 Å². The first-order chi connectivity index (χ1) is 17.6. The molecule has 0 spiro atoms. The van der Waals surface area contributed by atoms with Gasteiger partial charge < -0.3 is 10.2 Å². The molecule has 36 heavy (non-hydrogen) atoms. The number of aromatic hydroxyl groups is 1. The number of hydrogen-bond acceptors (Lipinski definition) is 2. The molecule has 2 aliphatic rings. The highest BCUT2D eigenvalue weighted by Crippen LogP contribution is 2.36. The zero-order valence-corrected chi connectivity index (χ0v) is 21.5. The molecule has 192 valence electrons. The summed E-state index contributed by atoms with van der Waals surface area (Å²) in [7, 11) is 0. The lowest BCUT2D eigenvalue weighted by Gasteiger charge is -2.28. The van der Waals surface area contributed by atoms with E-state index < -0.39 is 5.97 Å². The van der Waals surface area contributed by atoms with E-state index in [1.807, 2.05) is 12.1 Å². The summed E-state index contributed by atoms with van der Waals surface area (Å²) in [4.78, 5) is 11.8. The van der Waals surface area contributed by atoms with E-state index in [2.05, 4.69) is 60.7 Å². The van der Waals surface area contributed by atoms with Gasteiger partial charge in [0.05, 0.1) is 5.92 Å². The number of benzene rings is 2. The van der Waals surface area contributed by atoms with Gasteiger partial charge in [-0.05, 0) is 97.9 Å². The fraction of sp³-hybridized carbons (Fsp3) is 0.485. The minimum Gasteiger partial charge on any atom is -0.508 e. The summed E-state index contributed by atoms with van der Waals surface area (Å²) in [6.45, 7) is 0. The van der Waals surface area contributed by atoms with Gasteiger partial charge in [0.2, 0.25) is 0 Å². The van der Waals surface area contributed by atoms with Crippen molar-refractivity contribution in [1.29, 1.82) is 0 Å². The Labute approximate surface area is 217 Å². The molecule has 4 rings (SSSR count). The Morgan fingerprint density at radius 3 is 2.28 bits per heavy atom. The summed E-state index contributed by atoms with van der Waals surface area (Å²) < 4.78 is 0. The first-order valence-corrected chi connectivity index (χ1v) is 14.0. The first kappa shape index (κ1) is 26.3. The third kappa shape index (κ3) is 7.85. The van der Waals surface area contributed by atoms with Gasteiger partial charge in [0.25, 0.3) is 0 Å². The molecule has 2 N–H and O–H groups in total. The summed E-state index contributed by atoms with van der Waals surface area (Å²) in [6.07, 6.45) is 22.3. The molecule has 0 unspecified atom stereocenters. The van der Waals surface area contributed by atoms with Crippen LogP contribution >= 0.6 is 0 Å². The molecule has 0 saturated heterocycles. The van der Waals surface area contributed by atoms with E-state index in [1.165, 1.54) is 62.5 Å². The molecule has 2 bridgehead atoms. The minimum absolute atomic E-state index is 0.308. The molecule has 3 nitrogen and oxygen atoms in total. The molecular weight excluding hydrogens is 444 g/mol. The van der Waals surface area contributed by atoms with Crippen molar-refractivity contribution >= 4 is 5.97 Å². The number of phenols is 1. The van der Waals surface area contributed by atoms with E-state index in [0.717, 1.165) is 24.3 Å². The van der Waals surface area contributed by atoms with Crippen LogP contribution in [0.2, 0.25) is 0 Å². The number of aliphatic carboxylic acids is 1. The molecule has 2 aromatic carbocycles. The van der Waals surface area contributed by atoms with Gasteiger partial charge in [0.15, 0.2) is 0 Å². The lowest BCUT2D eigenvalue weighted by molar-refractivity contribution is -0.141. The van der Waals surface area contributed by atoms with Crippen LogP contribution in [0.3, 0.4) is 0 Å². The zero-order valence-electron chi connectivity index (χ0n) is 21.5. The molecule has 0 heterocycles. The SMILES string of the molecule is O=C(O)[C@H]1C/C=C/C[C@H](CCCCCC[C@@H]2C=CCC2)[C@H](c2ccc(O)cc2)Cc2cccc(c2)C1. The van der Waals surface area contributed by atoms with E-state index in [9.17, 15) is 15.0 Å². The smallest absolute Gasteiger partial charge is 0.307 e. The number of rotatable bonds is 9. The van der Waals surface area contributed by atoms with Crippen molar-refractivity contribution in [3.8, 4) is 5.75 Å². The van der Waals surface area contributed by atoms with Crippen molar-refractivity contribution in [2.75, 3.05) is 0 Å². The molecular formula is C33H42O3. The van der Waals surface area contributed by atoms with Gasteiger partial charge in [-0.15, -0.1) is 0 Å². The predicted octanol–water partition coefficient (Wildman–Crippen LogP) is 8.23. The molecule has 2 aliphatic carbocycles. The Bertz CT molecular complexity index is 1020. The van der Waals surface area contributed by atoms with E-state index in [-0.39, 0.29) is 5.92 Å². The molecule has 4 atom stereocenters. The van der Waals surface area contributed by atoms with E-state index in [4.69, 9.17) is 0 Å². The summed E-state index contributed by atoms with van der Waals surface area (Å²) in [5.41, 5.74) is 3.66. The average molecular weight is 487 g/mol. The summed E-state index contributed by atoms with van der Waals surface area (Å²) in [5, 5.41) is 19.6. The van der Waals surface area contributed by atoms with Crippen LogP contribution in [-0.2, 0) is 17.6 Å². The third-order valence-electron chi connectivity index (χ3n) is 8.21. The largest absolute Gasteiger partial charge is 0.508 e. The number of carboxylic acid groups (broad SMARTS) is 1. The number of fused-ring (bicyclic) bond motifs is 2. The Morgan fingerprint density at radius 2 is 1.56 bits per heavy atom. The van der Waals surface area contributed by atoms with Crippen molar-refractivity contribution in [3.63, 3.8) is 0 Å². The lowest BCUT2D eigenvalue weighted by atomic mass is 9.76. The number of carbonyl (C=O) groups is 1. The summed E-state index contributed by atoms with van der Waals surface area (Å²) in [5.74, 6) is 0.873. The predicted molar refractivity (Wildman–Crippen MR) is 147 cm³/mol. The number of unbranched alkanes of at least 4 members (excludes halogenated alkanes) is 3. The number of hydrogen-bond donors (Lipinski definition) is 2. The topological polar surface area (TPSA) is 57.5 Å². The molecule has 3 heteroatoms. The van der Waals surface area contributed by atoms with E-state index >= 15 is 0 Å². The molecule has 0 amide bonds. The maximum Gasteiger partial charge on any atom is 0.307 e. The molecule has 0 saturated carbocycles. The Balaban J connectivity index is 1.48. The second kappa shape index (κ2) is 13.5. The number of allylic oxidation sites excluding steroid dienone is 4. The Hall–Kier alpha value is -2.81. The van der Waals surface area contributed by atoms with Gasteiger partial charge in [-0.3, -0.25) is 4.79 Å².